The number of amides is 1. The lowest BCUT2D eigenvalue weighted by Crippen LogP contribution is -2.44. The summed E-state index contributed by atoms with van der Waals surface area (Å²) in [6, 6.07) is 5.22. The van der Waals surface area contributed by atoms with E-state index in [0.717, 1.165) is 50.0 Å². The molecule has 21 heavy (non-hydrogen) atoms. The Bertz CT molecular complexity index is 565. The largest absolute Gasteiger partial charge is 0.478 e. The van der Waals surface area contributed by atoms with Crippen molar-refractivity contribution in [3.05, 3.63) is 34.9 Å². The van der Waals surface area contributed by atoms with Crippen LogP contribution < -0.4 is 5.32 Å². The maximum absolute atomic E-state index is 12.6. The molecule has 0 saturated carbocycles. The lowest BCUT2D eigenvalue weighted by atomic mass is 9.94. The zero-order valence-electron chi connectivity index (χ0n) is 12.0. The number of carboxylic acid groups (broad SMARTS) is 1. The first-order valence-corrected chi connectivity index (χ1v) is 7.50. The molecule has 1 saturated heterocycles. The molecule has 2 aliphatic rings. The molecule has 1 aromatic carbocycles. The highest BCUT2D eigenvalue weighted by Crippen LogP contribution is 2.23. The zero-order chi connectivity index (χ0) is 14.8. The summed E-state index contributed by atoms with van der Waals surface area (Å²) in [7, 11) is 0. The van der Waals surface area contributed by atoms with Crippen LogP contribution in [0.5, 0.6) is 0 Å². The number of carbonyl (C=O) groups is 2. The smallest absolute Gasteiger partial charge is 0.335 e. The molecule has 0 spiro atoms. The number of fused-ring (bicyclic) bond motifs is 1. The molecule has 0 aromatic heterocycles. The van der Waals surface area contributed by atoms with E-state index in [1.165, 1.54) is 0 Å². The third kappa shape index (κ3) is 2.93. The average Bonchev–Trinajstić information content (AvgIpc) is 2.54. The van der Waals surface area contributed by atoms with Crippen molar-refractivity contribution in [2.75, 3.05) is 19.6 Å². The van der Waals surface area contributed by atoms with E-state index in [1.807, 2.05) is 11.0 Å². The summed E-state index contributed by atoms with van der Waals surface area (Å²) in [5, 5.41) is 12.3. The topological polar surface area (TPSA) is 69.6 Å². The molecule has 5 nitrogen and oxygen atoms in total. The Balaban J connectivity index is 1.75. The number of benzene rings is 1. The van der Waals surface area contributed by atoms with Gasteiger partial charge in [-0.3, -0.25) is 4.79 Å². The van der Waals surface area contributed by atoms with Crippen LogP contribution in [0.15, 0.2) is 18.2 Å². The number of rotatable bonds is 2. The second-order valence-electron chi connectivity index (χ2n) is 5.84. The van der Waals surface area contributed by atoms with Crippen LogP contribution in [0.1, 0.15) is 34.3 Å². The van der Waals surface area contributed by atoms with E-state index >= 15 is 0 Å². The fourth-order valence-electron chi connectivity index (χ4n) is 3.20. The molecule has 3 rings (SSSR count). The second kappa shape index (κ2) is 5.85. The molecule has 2 heterocycles. The van der Waals surface area contributed by atoms with E-state index < -0.39 is 5.97 Å². The third-order valence-corrected chi connectivity index (χ3v) is 4.42. The van der Waals surface area contributed by atoms with E-state index in [0.29, 0.717) is 12.1 Å². The van der Waals surface area contributed by atoms with E-state index in [2.05, 4.69) is 5.32 Å². The van der Waals surface area contributed by atoms with Crippen LogP contribution in [0.3, 0.4) is 0 Å². The van der Waals surface area contributed by atoms with Crippen LogP contribution >= 0.6 is 0 Å². The molecule has 0 bridgehead atoms. The van der Waals surface area contributed by atoms with Crippen molar-refractivity contribution in [1.29, 1.82) is 0 Å². The monoisotopic (exact) mass is 288 g/mol. The van der Waals surface area contributed by atoms with E-state index in [9.17, 15) is 9.59 Å². The Labute approximate surface area is 123 Å². The minimum Gasteiger partial charge on any atom is -0.478 e. The minimum atomic E-state index is -0.919. The summed E-state index contributed by atoms with van der Waals surface area (Å²) < 4.78 is 0. The second-order valence-corrected chi connectivity index (χ2v) is 5.84. The average molecular weight is 288 g/mol. The first kappa shape index (κ1) is 14.1. The van der Waals surface area contributed by atoms with Gasteiger partial charge in [-0.1, -0.05) is 6.07 Å². The summed E-state index contributed by atoms with van der Waals surface area (Å²) in [4.78, 5) is 25.5. The number of aromatic carboxylic acids is 1. The summed E-state index contributed by atoms with van der Waals surface area (Å²) >= 11 is 0. The molecule has 2 aliphatic heterocycles. The third-order valence-electron chi connectivity index (χ3n) is 4.42. The number of carboxylic acids is 1. The number of hydrogen-bond acceptors (Lipinski definition) is 3. The van der Waals surface area contributed by atoms with Crippen molar-refractivity contribution in [3.63, 3.8) is 0 Å². The van der Waals surface area contributed by atoms with Crippen LogP contribution in [-0.4, -0.2) is 41.5 Å². The van der Waals surface area contributed by atoms with Gasteiger partial charge in [0.15, 0.2) is 0 Å². The van der Waals surface area contributed by atoms with Gasteiger partial charge in [0.25, 0.3) is 0 Å². The summed E-state index contributed by atoms with van der Waals surface area (Å²) in [5.74, 6) is -0.644. The Morgan fingerprint density at radius 3 is 2.86 bits per heavy atom. The van der Waals surface area contributed by atoms with E-state index in [-0.39, 0.29) is 11.8 Å². The molecule has 1 atom stereocenters. The van der Waals surface area contributed by atoms with Gasteiger partial charge >= 0.3 is 5.97 Å². The van der Waals surface area contributed by atoms with Crippen molar-refractivity contribution in [2.45, 2.75) is 25.8 Å². The summed E-state index contributed by atoms with van der Waals surface area (Å²) in [6.45, 7) is 3.02. The zero-order valence-corrected chi connectivity index (χ0v) is 12.0. The summed E-state index contributed by atoms with van der Waals surface area (Å²) in [6.07, 6.45) is 2.80. The molecular formula is C16H20N2O3. The highest BCUT2D eigenvalue weighted by molar-refractivity contribution is 5.88. The van der Waals surface area contributed by atoms with Crippen molar-refractivity contribution < 1.29 is 14.7 Å². The Morgan fingerprint density at radius 1 is 1.29 bits per heavy atom. The maximum Gasteiger partial charge on any atom is 0.335 e. The fraction of sp³-hybridized carbons (Fsp3) is 0.500. The molecule has 1 fully saturated rings. The van der Waals surface area contributed by atoms with Crippen molar-refractivity contribution in [3.8, 4) is 0 Å². The van der Waals surface area contributed by atoms with Crippen LogP contribution in [-0.2, 0) is 17.8 Å². The lowest BCUT2D eigenvalue weighted by molar-refractivity contribution is -0.137. The van der Waals surface area contributed by atoms with Crippen LogP contribution in [0, 0.1) is 5.92 Å². The van der Waals surface area contributed by atoms with Crippen LogP contribution in [0.2, 0.25) is 0 Å². The van der Waals surface area contributed by atoms with Gasteiger partial charge in [0, 0.05) is 19.6 Å². The number of piperidine rings is 1. The van der Waals surface area contributed by atoms with Gasteiger partial charge in [0.05, 0.1) is 11.5 Å². The lowest BCUT2D eigenvalue weighted by Gasteiger charge is -2.33. The van der Waals surface area contributed by atoms with Gasteiger partial charge in [-0.2, -0.15) is 0 Å². The molecular weight excluding hydrogens is 268 g/mol. The fourth-order valence-corrected chi connectivity index (χ4v) is 3.20. The van der Waals surface area contributed by atoms with Gasteiger partial charge in [-0.05, 0) is 49.1 Å². The van der Waals surface area contributed by atoms with E-state index in [1.54, 1.807) is 12.1 Å². The van der Waals surface area contributed by atoms with Gasteiger partial charge in [0.2, 0.25) is 5.91 Å². The molecule has 112 valence electrons. The number of nitrogens with zero attached hydrogens (tertiary/aromatic N) is 1. The van der Waals surface area contributed by atoms with Gasteiger partial charge in [-0.25, -0.2) is 4.79 Å². The Hall–Kier alpha value is -1.88. The standard InChI is InChI=1S/C16H20N2O3/c19-15(13-2-1-6-17-9-13)18-7-5-11-3-4-12(16(20)21)8-14(11)10-18/h3-4,8,13,17H,1-2,5-7,9-10H2,(H,20,21)/t13-/m1/s1. The molecule has 5 heteroatoms. The highest BCUT2D eigenvalue weighted by Gasteiger charge is 2.28. The van der Waals surface area contributed by atoms with Crippen molar-refractivity contribution >= 4 is 11.9 Å². The summed E-state index contributed by atoms with van der Waals surface area (Å²) in [5.41, 5.74) is 2.42. The number of hydrogen-bond donors (Lipinski definition) is 2. The molecule has 0 radical (unpaired) electrons. The predicted molar refractivity (Wildman–Crippen MR) is 78.1 cm³/mol. The van der Waals surface area contributed by atoms with Crippen molar-refractivity contribution in [2.24, 2.45) is 5.92 Å². The van der Waals surface area contributed by atoms with Crippen LogP contribution in [0.25, 0.3) is 0 Å². The first-order chi connectivity index (χ1) is 10.1. The molecule has 1 aromatic rings. The Kier molecular flexibility index (Phi) is 3.92. The number of nitrogens with one attached hydrogen (secondary N) is 1. The Morgan fingerprint density at radius 2 is 2.14 bits per heavy atom. The molecule has 0 aliphatic carbocycles. The van der Waals surface area contributed by atoms with Gasteiger partial charge in [-0.15, -0.1) is 0 Å². The van der Waals surface area contributed by atoms with Gasteiger partial charge < -0.3 is 15.3 Å². The predicted octanol–water partition coefficient (Wildman–Crippen LogP) is 1.27. The van der Waals surface area contributed by atoms with Crippen LogP contribution in [0.4, 0.5) is 0 Å². The minimum absolute atomic E-state index is 0.0722. The quantitative estimate of drug-likeness (QED) is 0.860. The molecule has 2 N–H and O–H groups in total. The molecule has 1 amide bonds. The highest BCUT2D eigenvalue weighted by atomic mass is 16.4. The molecule has 0 unspecified atom stereocenters. The normalized spacial score (nSPS) is 21.7. The first-order valence-electron chi connectivity index (χ1n) is 7.50. The SMILES string of the molecule is O=C(O)c1ccc2c(c1)CN(C(=O)[C@@H]1CCCNC1)CC2. The van der Waals surface area contributed by atoms with E-state index in [4.69, 9.17) is 5.11 Å². The number of carbonyl (C=O) groups excluding carboxylic acids is 1. The maximum atomic E-state index is 12.6. The van der Waals surface area contributed by atoms with Crippen molar-refractivity contribution in [1.82, 2.24) is 10.2 Å². The van der Waals surface area contributed by atoms with Gasteiger partial charge in [0.1, 0.15) is 0 Å².